The third kappa shape index (κ3) is 3.41. The summed E-state index contributed by atoms with van der Waals surface area (Å²) in [5.41, 5.74) is 0.743. The third-order valence-electron chi connectivity index (χ3n) is 2.50. The van der Waals surface area contributed by atoms with Crippen LogP contribution < -0.4 is 10.1 Å². The summed E-state index contributed by atoms with van der Waals surface area (Å²) in [6, 6.07) is 4.60. The van der Waals surface area contributed by atoms with Crippen LogP contribution in [0.3, 0.4) is 0 Å². The highest BCUT2D eigenvalue weighted by atomic mass is 32.1. The predicted molar refractivity (Wildman–Crippen MR) is 75.2 cm³/mol. The van der Waals surface area contributed by atoms with Crippen LogP contribution in [0.4, 0.5) is 9.52 Å². The lowest BCUT2D eigenvalue weighted by atomic mass is 10.2. The lowest BCUT2D eigenvalue weighted by Crippen LogP contribution is -2.07. The molecule has 0 saturated carbocycles. The molecule has 0 saturated heterocycles. The van der Waals surface area contributed by atoms with Gasteiger partial charge < -0.3 is 10.1 Å². The van der Waals surface area contributed by atoms with Gasteiger partial charge >= 0.3 is 0 Å². The molecule has 0 atom stereocenters. The molecule has 1 N–H and O–H groups in total. The molecule has 2 aromatic rings. The highest BCUT2D eigenvalue weighted by Gasteiger charge is 2.10. The Morgan fingerprint density at radius 3 is 2.89 bits per heavy atom. The van der Waals surface area contributed by atoms with E-state index in [2.05, 4.69) is 28.5 Å². The van der Waals surface area contributed by atoms with Crippen molar-refractivity contribution in [3.63, 3.8) is 0 Å². The Balaban J connectivity index is 2.18. The van der Waals surface area contributed by atoms with Crippen LogP contribution in [0.2, 0.25) is 0 Å². The lowest BCUT2D eigenvalue weighted by molar-refractivity contribution is 0.387. The molecule has 0 aliphatic heterocycles. The summed E-state index contributed by atoms with van der Waals surface area (Å²) in [6.45, 7) is 5.10. The molecule has 0 amide bonds. The smallest absolute Gasteiger partial charge is 0.202 e. The molecule has 6 heteroatoms. The zero-order valence-corrected chi connectivity index (χ0v) is 11.9. The first-order chi connectivity index (χ1) is 9.10. The van der Waals surface area contributed by atoms with Crippen molar-refractivity contribution < 1.29 is 9.13 Å². The van der Waals surface area contributed by atoms with Crippen LogP contribution in [-0.2, 0) is 0 Å². The van der Waals surface area contributed by atoms with E-state index < -0.39 is 0 Å². The fourth-order valence-electron chi connectivity index (χ4n) is 1.50. The van der Waals surface area contributed by atoms with Gasteiger partial charge in [-0.25, -0.2) is 4.39 Å². The van der Waals surface area contributed by atoms with Gasteiger partial charge in [0.2, 0.25) is 5.13 Å². The Hall–Kier alpha value is -1.69. The van der Waals surface area contributed by atoms with Gasteiger partial charge in [-0.05, 0) is 24.1 Å². The van der Waals surface area contributed by atoms with Gasteiger partial charge in [-0.3, -0.25) is 0 Å². The minimum absolute atomic E-state index is 0.198. The van der Waals surface area contributed by atoms with Crippen LogP contribution in [-0.4, -0.2) is 23.0 Å². The van der Waals surface area contributed by atoms with Gasteiger partial charge in [0, 0.05) is 23.6 Å². The van der Waals surface area contributed by atoms with Crippen LogP contribution in [0.1, 0.15) is 13.8 Å². The monoisotopic (exact) mass is 281 g/mol. The molecule has 0 spiro atoms. The van der Waals surface area contributed by atoms with Crippen molar-refractivity contribution in [3.05, 3.63) is 24.0 Å². The number of hydrogen-bond donors (Lipinski definition) is 1. The molecule has 0 fully saturated rings. The normalized spacial score (nSPS) is 10.8. The number of rotatable bonds is 5. The Morgan fingerprint density at radius 2 is 2.21 bits per heavy atom. The fraction of sp³-hybridized carbons (Fsp3) is 0.385. The second-order valence-electron chi connectivity index (χ2n) is 4.55. The maximum Gasteiger partial charge on any atom is 0.202 e. The largest absolute Gasteiger partial charge is 0.494 e. The van der Waals surface area contributed by atoms with E-state index in [0.717, 1.165) is 17.2 Å². The second-order valence-corrected chi connectivity index (χ2v) is 5.30. The molecule has 19 heavy (non-hydrogen) atoms. The van der Waals surface area contributed by atoms with E-state index in [1.807, 2.05) is 0 Å². The minimum Gasteiger partial charge on any atom is -0.494 e. The van der Waals surface area contributed by atoms with Crippen LogP contribution in [0.5, 0.6) is 5.75 Å². The summed E-state index contributed by atoms with van der Waals surface area (Å²) in [5.74, 6) is 0.927. The first kappa shape index (κ1) is 13.7. The van der Waals surface area contributed by atoms with E-state index in [4.69, 9.17) is 4.74 Å². The molecule has 1 aromatic carbocycles. The van der Waals surface area contributed by atoms with Crippen molar-refractivity contribution in [1.29, 1.82) is 0 Å². The Morgan fingerprint density at radius 1 is 1.42 bits per heavy atom. The Bertz CT molecular complexity index is 557. The van der Waals surface area contributed by atoms with Gasteiger partial charge in [-0.2, -0.15) is 9.36 Å². The van der Waals surface area contributed by atoms with Gasteiger partial charge in [0.05, 0.1) is 7.11 Å². The summed E-state index contributed by atoms with van der Waals surface area (Å²) < 4.78 is 22.5. The lowest BCUT2D eigenvalue weighted by Gasteiger charge is -2.04. The Kier molecular flexibility index (Phi) is 4.31. The van der Waals surface area contributed by atoms with E-state index in [-0.39, 0.29) is 11.6 Å². The van der Waals surface area contributed by atoms with Crippen LogP contribution in [0.25, 0.3) is 11.4 Å². The first-order valence-corrected chi connectivity index (χ1v) is 6.79. The van der Waals surface area contributed by atoms with Crippen molar-refractivity contribution in [2.75, 3.05) is 19.0 Å². The van der Waals surface area contributed by atoms with E-state index in [0.29, 0.717) is 11.7 Å². The van der Waals surface area contributed by atoms with Crippen molar-refractivity contribution in [3.8, 4) is 17.1 Å². The SMILES string of the molecule is COc1cc(-c2nsc(NCC(C)C)n2)ccc1F. The summed E-state index contributed by atoms with van der Waals surface area (Å²) in [6.07, 6.45) is 0. The number of benzene rings is 1. The number of halogens is 1. The van der Waals surface area contributed by atoms with Crippen molar-refractivity contribution >= 4 is 16.7 Å². The summed E-state index contributed by atoms with van der Waals surface area (Å²) in [7, 11) is 1.44. The standard InChI is InChI=1S/C13H16FN3OS/c1-8(2)7-15-13-16-12(17-19-13)9-4-5-10(14)11(6-9)18-3/h4-6,8H,7H2,1-3H3,(H,15,16,17). The van der Waals surface area contributed by atoms with Gasteiger partial charge in [-0.15, -0.1) is 0 Å². The molecule has 1 heterocycles. The zero-order chi connectivity index (χ0) is 13.8. The molecular weight excluding hydrogens is 265 g/mol. The summed E-state index contributed by atoms with van der Waals surface area (Å²) in [5, 5.41) is 3.98. The molecule has 1 aromatic heterocycles. The first-order valence-electron chi connectivity index (χ1n) is 6.01. The average molecular weight is 281 g/mol. The summed E-state index contributed by atoms with van der Waals surface area (Å²) in [4.78, 5) is 4.38. The van der Waals surface area contributed by atoms with E-state index in [1.165, 1.54) is 24.7 Å². The van der Waals surface area contributed by atoms with E-state index in [1.54, 1.807) is 12.1 Å². The molecule has 2 rings (SSSR count). The number of anilines is 1. The molecule has 0 aliphatic carbocycles. The highest BCUT2D eigenvalue weighted by Crippen LogP contribution is 2.26. The molecule has 4 nitrogen and oxygen atoms in total. The average Bonchev–Trinajstić information content (AvgIpc) is 2.86. The highest BCUT2D eigenvalue weighted by molar-refractivity contribution is 7.09. The number of aromatic nitrogens is 2. The van der Waals surface area contributed by atoms with Gasteiger partial charge in [-0.1, -0.05) is 13.8 Å². The van der Waals surface area contributed by atoms with E-state index >= 15 is 0 Å². The number of hydrogen-bond acceptors (Lipinski definition) is 5. The van der Waals surface area contributed by atoms with Crippen molar-refractivity contribution in [1.82, 2.24) is 9.36 Å². The molecule has 0 aliphatic rings. The van der Waals surface area contributed by atoms with Gasteiger partial charge in [0.1, 0.15) is 0 Å². The fourth-order valence-corrected chi connectivity index (χ4v) is 2.10. The van der Waals surface area contributed by atoms with Crippen LogP contribution in [0, 0.1) is 11.7 Å². The second kappa shape index (κ2) is 5.97. The number of ether oxygens (including phenoxy) is 1. The van der Waals surface area contributed by atoms with Crippen molar-refractivity contribution in [2.45, 2.75) is 13.8 Å². The number of nitrogens with one attached hydrogen (secondary N) is 1. The molecule has 0 unspecified atom stereocenters. The Labute approximate surface area is 115 Å². The van der Waals surface area contributed by atoms with Crippen LogP contribution >= 0.6 is 11.5 Å². The zero-order valence-electron chi connectivity index (χ0n) is 11.1. The minimum atomic E-state index is -0.389. The topological polar surface area (TPSA) is 47.0 Å². The maximum absolute atomic E-state index is 13.3. The van der Waals surface area contributed by atoms with E-state index in [9.17, 15) is 4.39 Å². The summed E-state index contributed by atoms with van der Waals surface area (Å²) >= 11 is 1.30. The van der Waals surface area contributed by atoms with Crippen LogP contribution in [0.15, 0.2) is 18.2 Å². The molecule has 102 valence electrons. The third-order valence-corrected chi connectivity index (χ3v) is 3.17. The molecule has 0 radical (unpaired) electrons. The molecular formula is C13H16FN3OS. The maximum atomic E-state index is 13.3. The quantitative estimate of drug-likeness (QED) is 0.912. The van der Waals surface area contributed by atoms with Crippen molar-refractivity contribution in [2.24, 2.45) is 5.92 Å². The van der Waals surface area contributed by atoms with Gasteiger partial charge in [0.25, 0.3) is 0 Å². The van der Waals surface area contributed by atoms with Gasteiger partial charge in [0.15, 0.2) is 17.4 Å². The predicted octanol–water partition coefficient (Wildman–Crippen LogP) is 3.42. The molecule has 0 bridgehead atoms. The number of methoxy groups -OCH3 is 1. The number of nitrogens with zero attached hydrogens (tertiary/aromatic N) is 2.